The van der Waals surface area contributed by atoms with E-state index in [0.29, 0.717) is 18.5 Å². The van der Waals surface area contributed by atoms with Gasteiger partial charge in [0.1, 0.15) is 6.04 Å². The van der Waals surface area contributed by atoms with Crippen LogP contribution in [0.4, 0.5) is 0 Å². The Morgan fingerprint density at radius 1 is 0.977 bits per heavy atom. The first kappa shape index (κ1) is 30.1. The molecule has 2 aliphatic heterocycles. The second-order valence-corrected chi connectivity index (χ2v) is 12.7. The molecule has 3 heterocycles. The van der Waals surface area contributed by atoms with Crippen LogP contribution in [0.5, 0.6) is 0 Å². The van der Waals surface area contributed by atoms with Crippen molar-refractivity contribution in [2.24, 2.45) is 13.0 Å². The summed E-state index contributed by atoms with van der Waals surface area (Å²) in [5.41, 5.74) is 7.15. The highest BCUT2D eigenvalue weighted by molar-refractivity contribution is 6.04. The predicted octanol–water partition coefficient (Wildman–Crippen LogP) is 5.95. The Labute approximate surface area is 260 Å². The summed E-state index contributed by atoms with van der Waals surface area (Å²) >= 11 is 0. The third-order valence-corrected chi connectivity index (χ3v) is 9.13. The highest BCUT2D eigenvalue weighted by Gasteiger charge is 2.46. The van der Waals surface area contributed by atoms with E-state index < -0.39 is 12.1 Å². The molecule has 4 aromatic rings. The lowest BCUT2D eigenvalue weighted by molar-refractivity contribution is -0.126. The zero-order valence-electron chi connectivity index (χ0n) is 26.4. The van der Waals surface area contributed by atoms with Crippen molar-refractivity contribution >= 4 is 22.7 Å². The molecule has 230 valence electrons. The zero-order valence-corrected chi connectivity index (χ0v) is 26.4. The van der Waals surface area contributed by atoms with E-state index in [9.17, 15) is 9.59 Å². The first-order valence-electron chi connectivity index (χ1n) is 16.0. The lowest BCUT2D eigenvalue weighted by Gasteiger charge is -2.34. The number of nitrogens with one attached hydrogen (secondary N) is 1. The van der Waals surface area contributed by atoms with Gasteiger partial charge in [0.05, 0.1) is 24.9 Å². The van der Waals surface area contributed by atoms with E-state index in [1.165, 1.54) is 5.56 Å². The Morgan fingerprint density at radius 2 is 1.68 bits per heavy atom. The fourth-order valence-corrected chi connectivity index (χ4v) is 6.96. The van der Waals surface area contributed by atoms with Gasteiger partial charge in [-0.15, -0.1) is 0 Å². The number of amides is 2. The highest BCUT2D eigenvalue weighted by atomic mass is 16.5. The number of aromatic nitrogens is 1. The van der Waals surface area contributed by atoms with E-state index in [1.807, 2.05) is 23.1 Å². The number of rotatable bonds is 10. The van der Waals surface area contributed by atoms with Crippen molar-refractivity contribution in [3.8, 4) is 11.3 Å². The number of nitrogens with zero attached hydrogens (tertiary/aromatic N) is 3. The quantitative estimate of drug-likeness (QED) is 0.231. The number of aryl methyl sites for hydroxylation is 2. The first-order chi connectivity index (χ1) is 21.3. The molecule has 1 fully saturated rings. The van der Waals surface area contributed by atoms with E-state index in [4.69, 9.17) is 4.74 Å². The van der Waals surface area contributed by atoms with Gasteiger partial charge in [-0.25, -0.2) is 0 Å². The molecule has 1 N–H and O–H groups in total. The molecular formula is C37H44N4O3. The molecule has 2 unspecified atom stereocenters. The summed E-state index contributed by atoms with van der Waals surface area (Å²) in [6, 6.07) is 23.9. The maximum absolute atomic E-state index is 14.4. The SMILES string of the molecule is Cc1ccc(-c2c(C3c4ccccc4C(=O)N3C(CC(C)C)C(=O)NCCCN3CCOCC3)c3ccccc3n2C)cc1. The van der Waals surface area contributed by atoms with Crippen LogP contribution in [0.2, 0.25) is 0 Å². The third kappa shape index (κ3) is 5.78. The number of para-hydroxylation sites is 1. The van der Waals surface area contributed by atoms with Crippen LogP contribution in [0.3, 0.4) is 0 Å². The summed E-state index contributed by atoms with van der Waals surface area (Å²) in [5.74, 6) is 0.0619. The van der Waals surface area contributed by atoms with Gasteiger partial charge >= 0.3 is 0 Å². The molecule has 1 aromatic heterocycles. The second-order valence-electron chi connectivity index (χ2n) is 12.7. The molecule has 0 radical (unpaired) electrons. The highest BCUT2D eigenvalue weighted by Crippen LogP contribution is 2.47. The van der Waals surface area contributed by atoms with Crippen LogP contribution in [0, 0.1) is 12.8 Å². The number of hydrogen-bond donors (Lipinski definition) is 1. The van der Waals surface area contributed by atoms with Crippen molar-refractivity contribution in [3.63, 3.8) is 0 Å². The molecular weight excluding hydrogens is 548 g/mol. The summed E-state index contributed by atoms with van der Waals surface area (Å²) < 4.78 is 7.71. The lowest BCUT2D eigenvalue weighted by Crippen LogP contribution is -2.50. The van der Waals surface area contributed by atoms with Gasteiger partial charge in [-0.05, 0) is 55.5 Å². The summed E-state index contributed by atoms with van der Waals surface area (Å²) in [5, 5.41) is 4.32. The fourth-order valence-electron chi connectivity index (χ4n) is 6.96. The van der Waals surface area contributed by atoms with Crippen LogP contribution in [0.15, 0.2) is 72.8 Å². The van der Waals surface area contributed by atoms with Crippen LogP contribution in [-0.2, 0) is 16.6 Å². The van der Waals surface area contributed by atoms with Gasteiger partial charge in [0.25, 0.3) is 5.91 Å². The number of carbonyl (C=O) groups excluding carboxylic acids is 2. The first-order valence-corrected chi connectivity index (χ1v) is 16.0. The molecule has 7 nitrogen and oxygen atoms in total. The molecule has 44 heavy (non-hydrogen) atoms. The largest absolute Gasteiger partial charge is 0.379 e. The average molecular weight is 593 g/mol. The van der Waals surface area contributed by atoms with Crippen LogP contribution < -0.4 is 5.32 Å². The van der Waals surface area contributed by atoms with Crippen LogP contribution in [-0.4, -0.2) is 71.6 Å². The molecule has 7 heteroatoms. The monoisotopic (exact) mass is 592 g/mol. The van der Waals surface area contributed by atoms with E-state index in [2.05, 4.69) is 97.2 Å². The summed E-state index contributed by atoms with van der Waals surface area (Å²) in [4.78, 5) is 32.8. The summed E-state index contributed by atoms with van der Waals surface area (Å²) in [6.45, 7) is 11.2. The van der Waals surface area contributed by atoms with Crippen molar-refractivity contribution in [1.29, 1.82) is 0 Å². The normalized spacial score (nSPS) is 17.8. The van der Waals surface area contributed by atoms with E-state index >= 15 is 0 Å². The number of benzene rings is 3. The predicted molar refractivity (Wildman–Crippen MR) is 176 cm³/mol. The van der Waals surface area contributed by atoms with Crippen LogP contribution >= 0.6 is 0 Å². The topological polar surface area (TPSA) is 66.8 Å². The molecule has 0 saturated carbocycles. The Hall–Kier alpha value is -3.94. The van der Waals surface area contributed by atoms with Crippen LogP contribution in [0.25, 0.3) is 22.2 Å². The third-order valence-electron chi connectivity index (χ3n) is 9.13. The molecule has 3 aromatic carbocycles. The Kier molecular flexibility index (Phi) is 8.87. The smallest absolute Gasteiger partial charge is 0.255 e. The van der Waals surface area contributed by atoms with Gasteiger partial charge in [0.2, 0.25) is 5.91 Å². The summed E-state index contributed by atoms with van der Waals surface area (Å²) in [6.07, 6.45) is 1.44. The summed E-state index contributed by atoms with van der Waals surface area (Å²) in [7, 11) is 2.10. The molecule has 2 amide bonds. The Morgan fingerprint density at radius 3 is 2.43 bits per heavy atom. The van der Waals surface area contributed by atoms with Gasteiger partial charge in [-0.3, -0.25) is 14.5 Å². The van der Waals surface area contributed by atoms with Crippen molar-refractivity contribution < 1.29 is 14.3 Å². The molecule has 2 atom stereocenters. The zero-order chi connectivity index (χ0) is 30.8. The fraction of sp³-hybridized carbons (Fsp3) is 0.405. The second kappa shape index (κ2) is 13.0. The lowest BCUT2D eigenvalue weighted by atomic mass is 9.91. The number of ether oxygens (including phenoxy) is 1. The minimum absolute atomic E-state index is 0.0797. The maximum Gasteiger partial charge on any atom is 0.255 e. The number of fused-ring (bicyclic) bond motifs is 2. The van der Waals surface area contributed by atoms with Gasteiger partial charge in [-0.1, -0.05) is 80.1 Å². The van der Waals surface area contributed by atoms with Crippen molar-refractivity contribution in [2.45, 2.75) is 45.7 Å². The Balaban J connectivity index is 1.42. The molecule has 2 aliphatic rings. The number of carbonyl (C=O) groups is 2. The van der Waals surface area contributed by atoms with E-state index in [0.717, 1.165) is 72.6 Å². The molecule has 0 aliphatic carbocycles. The van der Waals surface area contributed by atoms with E-state index in [1.54, 1.807) is 0 Å². The van der Waals surface area contributed by atoms with Gasteiger partial charge < -0.3 is 19.5 Å². The van der Waals surface area contributed by atoms with Gasteiger partial charge in [0, 0.05) is 48.7 Å². The standard InChI is InChI=1S/C37H44N4O3/c1-25(2)24-32(36(42)38-18-9-19-40-20-22-44-23-21-40)41-35(28-10-5-6-11-29(28)37(41)43)33-30-12-7-8-13-31(30)39(4)34(33)27-16-14-26(3)15-17-27/h5-8,10-17,25,32,35H,9,18-24H2,1-4H3,(H,38,42). The maximum atomic E-state index is 14.4. The van der Waals surface area contributed by atoms with Crippen LogP contribution in [0.1, 0.15) is 59.8 Å². The molecule has 0 bridgehead atoms. The van der Waals surface area contributed by atoms with Crippen molar-refractivity contribution in [2.75, 3.05) is 39.4 Å². The average Bonchev–Trinajstić information content (AvgIpc) is 3.49. The number of morpholine rings is 1. The number of hydrogen-bond acceptors (Lipinski definition) is 4. The molecule has 1 saturated heterocycles. The minimum atomic E-state index is -0.604. The molecule has 6 rings (SSSR count). The Bertz CT molecular complexity index is 1630. The van der Waals surface area contributed by atoms with Gasteiger partial charge in [-0.2, -0.15) is 0 Å². The van der Waals surface area contributed by atoms with Crippen molar-refractivity contribution in [3.05, 3.63) is 95.1 Å². The molecule has 0 spiro atoms. The van der Waals surface area contributed by atoms with Crippen molar-refractivity contribution in [1.82, 2.24) is 19.7 Å². The minimum Gasteiger partial charge on any atom is -0.379 e. The van der Waals surface area contributed by atoms with Gasteiger partial charge in [0.15, 0.2) is 0 Å². The van der Waals surface area contributed by atoms with E-state index in [-0.39, 0.29) is 17.7 Å².